The smallest absolute Gasteiger partial charge is 0.322 e. The van der Waals surface area contributed by atoms with Gasteiger partial charge in [-0.05, 0) is 20.8 Å². The second-order valence-corrected chi connectivity index (χ2v) is 3.98. The Labute approximate surface area is 84.2 Å². The van der Waals surface area contributed by atoms with Crippen LogP contribution in [-0.4, -0.2) is 42.5 Å². The Balaban J connectivity index is 3.35. The highest BCUT2D eigenvalue weighted by molar-refractivity contribution is 5.73. The molecule has 0 fully saturated rings. The summed E-state index contributed by atoms with van der Waals surface area (Å²) in [4.78, 5) is 10.3. The molecule has 14 heavy (non-hydrogen) atoms. The van der Waals surface area contributed by atoms with Gasteiger partial charge >= 0.3 is 5.97 Å². The summed E-state index contributed by atoms with van der Waals surface area (Å²) in [6.45, 7) is 6.64. The van der Waals surface area contributed by atoms with Gasteiger partial charge in [0.15, 0.2) is 0 Å². The maximum absolute atomic E-state index is 10.3. The Bertz CT molecular complexity index is 176. The third-order valence-corrected chi connectivity index (χ3v) is 1.38. The van der Waals surface area contributed by atoms with E-state index in [2.05, 4.69) is 0 Å². The van der Waals surface area contributed by atoms with Crippen molar-refractivity contribution in [3.8, 4) is 0 Å². The first-order valence-corrected chi connectivity index (χ1v) is 4.53. The molecule has 0 aromatic rings. The lowest BCUT2D eigenvalue weighted by Gasteiger charge is -2.19. The molecule has 0 rings (SSSR count). The molecule has 0 aliphatic heterocycles. The molecule has 0 saturated carbocycles. The van der Waals surface area contributed by atoms with E-state index < -0.39 is 12.0 Å². The van der Waals surface area contributed by atoms with Crippen LogP contribution >= 0.6 is 0 Å². The Morgan fingerprint density at radius 2 is 2.00 bits per heavy atom. The predicted molar refractivity (Wildman–Crippen MR) is 52.1 cm³/mol. The second kappa shape index (κ2) is 5.95. The van der Waals surface area contributed by atoms with E-state index in [4.69, 9.17) is 20.3 Å². The van der Waals surface area contributed by atoms with Crippen molar-refractivity contribution in [2.24, 2.45) is 5.73 Å². The van der Waals surface area contributed by atoms with Crippen LogP contribution in [0.4, 0.5) is 0 Å². The fraction of sp³-hybridized carbons (Fsp3) is 0.889. The summed E-state index contributed by atoms with van der Waals surface area (Å²) in [5, 5.41) is 8.43. The fourth-order valence-electron chi connectivity index (χ4n) is 0.688. The van der Waals surface area contributed by atoms with Crippen molar-refractivity contribution in [2.45, 2.75) is 32.4 Å². The van der Waals surface area contributed by atoms with Crippen LogP contribution in [0.1, 0.15) is 20.8 Å². The minimum atomic E-state index is -1.05. The van der Waals surface area contributed by atoms with Gasteiger partial charge in [-0.2, -0.15) is 0 Å². The van der Waals surface area contributed by atoms with Crippen LogP contribution in [0.2, 0.25) is 0 Å². The minimum Gasteiger partial charge on any atom is -0.480 e. The van der Waals surface area contributed by atoms with E-state index in [1.807, 2.05) is 20.8 Å². The van der Waals surface area contributed by atoms with Gasteiger partial charge in [-0.1, -0.05) is 0 Å². The zero-order valence-corrected chi connectivity index (χ0v) is 8.95. The van der Waals surface area contributed by atoms with Crippen LogP contribution in [0.3, 0.4) is 0 Å². The van der Waals surface area contributed by atoms with Gasteiger partial charge < -0.3 is 20.3 Å². The van der Waals surface area contributed by atoms with Crippen molar-refractivity contribution in [3.63, 3.8) is 0 Å². The number of hydrogen-bond donors (Lipinski definition) is 2. The van der Waals surface area contributed by atoms with Crippen molar-refractivity contribution in [3.05, 3.63) is 0 Å². The zero-order chi connectivity index (χ0) is 11.2. The summed E-state index contributed by atoms with van der Waals surface area (Å²) in [6, 6.07) is -0.954. The summed E-state index contributed by atoms with van der Waals surface area (Å²) < 4.78 is 10.4. The molecule has 0 aromatic carbocycles. The highest BCUT2D eigenvalue weighted by atomic mass is 16.5. The molecule has 0 aromatic heterocycles. The van der Waals surface area contributed by atoms with Gasteiger partial charge in [-0.3, -0.25) is 4.79 Å². The SMILES string of the molecule is CC(C)(C)OCCOCC(N)C(=O)O. The molecule has 0 aliphatic rings. The quantitative estimate of drug-likeness (QED) is 0.607. The van der Waals surface area contributed by atoms with Gasteiger partial charge in [0.1, 0.15) is 6.04 Å². The largest absolute Gasteiger partial charge is 0.480 e. The van der Waals surface area contributed by atoms with E-state index in [0.29, 0.717) is 13.2 Å². The number of nitrogens with two attached hydrogens (primary N) is 1. The van der Waals surface area contributed by atoms with E-state index in [0.717, 1.165) is 0 Å². The van der Waals surface area contributed by atoms with E-state index in [1.165, 1.54) is 0 Å². The van der Waals surface area contributed by atoms with Gasteiger partial charge in [-0.15, -0.1) is 0 Å². The van der Waals surface area contributed by atoms with Crippen LogP contribution in [0.5, 0.6) is 0 Å². The standard InChI is InChI=1S/C9H19NO4/c1-9(2,3)14-5-4-13-6-7(10)8(11)12/h7H,4-6,10H2,1-3H3,(H,11,12). The average molecular weight is 205 g/mol. The summed E-state index contributed by atoms with van der Waals surface area (Å²) in [6.07, 6.45) is 0. The number of hydrogen-bond acceptors (Lipinski definition) is 4. The maximum Gasteiger partial charge on any atom is 0.322 e. The predicted octanol–water partition coefficient (Wildman–Crippen LogP) is 0.230. The molecular formula is C9H19NO4. The molecule has 0 bridgehead atoms. The van der Waals surface area contributed by atoms with Crippen LogP contribution in [0, 0.1) is 0 Å². The number of carboxylic acids is 1. The van der Waals surface area contributed by atoms with Crippen molar-refractivity contribution < 1.29 is 19.4 Å². The first kappa shape index (κ1) is 13.4. The van der Waals surface area contributed by atoms with Crippen molar-refractivity contribution >= 4 is 5.97 Å². The Morgan fingerprint density at radius 1 is 1.43 bits per heavy atom. The van der Waals surface area contributed by atoms with Crippen molar-refractivity contribution in [1.82, 2.24) is 0 Å². The lowest BCUT2D eigenvalue weighted by atomic mass is 10.2. The molecule has 0 aliphatic carbocycles. The van der Waals surface area contributed by atoms with Gasteiger partial charge in [0.25, 0.3) is 0 Å². The molecule has 0 saturated heterocycles. The van der Waals surface area contributed by atoms with E-state index >= 15 is 0 Å². The number of carbonyl (C=O) groups is 1. The fourth-order valence-corrected chi connectivity index (χ4v) is 0.688. The van der Waals surface area contributed by atoms with Crippen LogP contribution in [-0.2, 0) is 14.3 Å². The molecule has 5 heteroatoms. The number of rotatable bonds is 6. The summed E-state index contributed by atoms with van der Waals surface area (Å²) >= 11 is 0. The monoisotopic (exact) mass is 205 g/mol. The average Bonchev–Trinajstić information content (AvgIpc) is 2.01. The summed E-state index contributed by atoms with van der Waals surface area (Å²) in [5.41, 5.74) is 5.02. The Morgan fingerprint density at radius 3 is 2.43 bits per heavy atom. The Kier molecular flexibility index (Phi) is 5.68. The first-order chi connectivity index (χ1) is 6.33. The molecular weight excluding hydrogens is 186 g/mol. The molecule has 0 heterocycles. The third kappa shape index (κ3) is 7.97. The molecule has 3 N–H and O–H groups in total. The minimum absolute atomic E-state index is 0.0167. The molecule has 0 amide bonds. The van der Waals surface area contributed by atoms with Gasteiger partial charge in [0.2, 0.25) is 0 Å². The summed E-state index contributed by atoms with van der Waals surface area (Å²) in [5.74, 6) is -1.05. The van der Waals surface area contributed by atoms with Crippen LogP contribution in [0.15, 0.2) is 0 Å². The lowest BCUT2D eigenvalue weighted by Crippen LogP contribution is -2.35. The Hall–Kier alpha value is -0.650. The van der Waals surface area contributed by atoms with Crippen molar-refractivity contribution in [1.29, 1.82) is 0 Å². The molecule has 5 nitrogen and oxygen atoms in total. The topological polar surface area (TPSA) is 81.8 Å². The number of aliphatic carboxylic acids is 1. The van der Waals surface area contributed by atoms with Gasteiger partial charge in [0, 0.05) is 0 Å². The van der Waals surface area contributed by atoms with E-state index in [9.17, 15) is 4.79 Å². The highest BCUT2D eigenvalue weighted by Gasteiger charge is 2.12. The van der Waals surface area contributed by atoms with E-state index in [1.54, 1.807) is 0 Å². The van der Waals surface area contributed by atoms with Crippen molar-refractivity contribution in [2.75, 3.05) is 19.8 Å². The molecule has 0 spiro atoms. The van der Waals surface area contributed by atoms with Gasteiger partial charge in [-0.25, -0.2) is 0 Å². The van der Waals surface area contributed by atoms with Crippen LogP contribution in [0.25, 0.3) is 0 Å². The van der Waals surface area contributed by atoms with Gasteiger partial charge in [0.05, 0.1) is 25.4 Å². The zero-order valence-electron chi connectivity index (χ0n) is 8.95. The van der Waals surface area contributed by atoms with Crippen LogP contribution < -0.4 is 5.73 Å². The molecule has 1 atom stereocenters. The lowest BCUT2D eigenvalue weighted by molar-refractivity contribution is -0.140. The third-order valence-electron chi connectivity index (χ3n) is 1.38. The molecule has 0 radical (unpaired) electrons. The normalized spacial score (nSPS) is 14.0. The maximum atomic E-state index is 10.3. The molecule has 1 unspecified atom stereocenters. The second-order valence-electron chi connectivity index (χ2n) is 3.98. The summed E-state index contributed by atoms with van der Waals surface area (Å²) in [7, 11) is 0. The number of carboxylic acid groups (broad SMARTS) is 1. The first-order valence-electron chi connectivity index (χ1n) is 4.53. The highest BCUT2D eigenvalue weighted by Crippen LogP contribution is 2.05. The van der Waals surface area contributed by atoms with E-state index in [-0.39, 0.29) is 12.2 Å². The number of ether oxygens (including phenoxy) is 2. The molecule has 84 valence electrons.